The number of anilines is 1. The van der Waals surface area contributed by atoms with E-state index in [2.05, 4.69) is 5.32 Å². The average molecular weight is 285 g/mol. The van der Waals surface area contributed by atoms with Crippen LogP contribution in [0.4, 0.5) is 10.1 Å². The molecule has 19 heavy (non-hydrogen) atoms. The number of nitrogens with one attached hydrogen (secondary N) is 1. The molecule has 0 aromatic heterocycles. The highest BCUT2D eigenvalue weighted by Gasteiger charge is 2.20. The molecule has 0 atom stereocenters. The van der Waals surface area contributed by atoms with Crippen molar-refractivity contribution >= 4 is 21.4 Å². The predicted molar refractivity (Wildman–Crippen MR) is 66.1 cm³/mol. The second-order valence-electron chi connectivity index (χ2n) is 3.70. The Kier molecular flexibility index (Phi) is 4.83. The Morgan fingerprint density at radius 2 is 2.16 bits per heavy atom. The fourth-order valence-electron chi connectivity index (χ4n) is 1.27. The molecule has 1 aromatic carbocycles. The fraction of sp³-hybridized carbons (Fsp3) is 0.273. The molecule has 0 saturated heterocycles. The Hall–Kier alpha value is -2.14. The number of nitriles is 1. The number of benzene rings is 1. The number of nitrogens with two attached hydrogens (primary N) is 1. The predicted octanol–water partition coefficient (Wildman–Crippen LogP) is 0.211. The van der Waals surface area contributed by atoms with E-state index >= 15 is 0 Å². The fourth-order valence-corrected chi connectivity index (χ4v) is 2.44. The zero-order valence-corrected chi connectivity index (χ0v) is 10.7. The number of hydrogen-bond acceptors (Lipinski definition) is 5. The molecule has 0 spiro atoms. The number of sulfone groups is 1. The van der Waals surface area contributed by atoms with Crippen LogP contribution in [-0.4, -0.2) is 26.6 Å². The Labute approximate surface area is 109 Å². The van der Waals surface area contributed by atoms with Crippen molar-refractivity contribution in [1.29, 1.82) is 5.26 Å². The summed E-state index contributed by atoms with van der Waals surface area (Å²) in [5, 5.41) is 10.5. The summed E-state index contributed by atoms with van der Waals surface area (Å²) in [6, 6.07) is 4.83. The van der Waals surface area contributed by atoms with Crippen LogP contribution < -0.4 is 11.1 Å². The third kappa shape index (κ3) is 4.22. The van der Waals surface area contributed by atoms with Crippen molar-refractivity contribution < 1.29 is 17.6 Å². The third-order valence-corrected chi connectivity index (χ3v) is 3.83. The van der Waals surface area contributed by atoms with E-state index in [1.54, 1.807) is 6.07 Å². The van der Waals surface area contributed by atoms with Crippen molar-refractivity contribution in [3.8, 4) is 6.07 Å². The van der Waals surface area contributed by atoms with Gasteiger partial charge in [-0.2, -0.15) is 5.26 Å². The first kappa shape index (κ1) is 14.9. The number of halogens is 1. The maximum atomic E-state index is 13.2. The molecule has 0 heterocycles. The van der Waals surface area contributed by atoms with E-state index in [1.165, 1.54) is 0 Å². The molecule has 3 N–H and O–H groups in total. The maximum Gasteiger partial charge on any atom is 0.235 e. The number of carbonyl (C=O) groups excluding carboxylic acids is 1. The number of amides is 1. The number of nitrogens with zero attached hydrogens (tertiary/aromatic N) is 1. The van der Waals surface area contributed by atoms with Gasteiger partial charge in [-0.25, -0.2) is 12.8 Å². The van der Waals surface area contributed by atoms with Crippen LogP contribution in [0.25, 0.3) is 0 Å². The highest BCUT2D eigenvalue weighted by atomic mass is 32.2. The molecule has 6 nitrogen and oxygen atoms in total. The standard InChI is InChI=1S/C11H12FN3O3S/c12-9-6-8(2-3-10(9)14)19(17,18)7-11(16)15-5-1-4-13/h2-3,6H,1,5,7,14H2,(H,15,16). The van der Waals surface area contributed by atoms with Crippen LogP contribution >= 0.6 is 0 Å². The largest absolute Gasteiger partial charge is 0.396 e. The lowest BCUT2D eigenvalue weighted by molar-refractivity contribution is -0.118. The van der Waals surface area contributed by atoms with E-state index in [0.29, 0.717) is 0 Å². The molecule has 0 bridgehead atoms. The van der Waals surface area contributed by atoms with Gasteiger partial charge >= 0.3 is 0 Å². The van der Waals surface area contributed by atoms with Gasteiger partial charge in [-0.05, 0) is 18.2 Å². The molecule has 0 fully saturated rings. The van der Waals surface area contributed by atoms with Gasteiger partial charge in [0.25, 0.3) is 0 Å². The third-order valence-electron chi connectivity index (χ3n) is 2.21. The van der Waals surface area contributed by atoms with Crippen LogP contribution in [0.15, 0.2) is 23.1 Å². The van der Waals surface area contributed by atoms with Crippen LogP contribution in [0.5, 0.6) is 0 Å². The average Bonchev–Trinajstić information content (AvgIpc) is 2.32. The minimum atomic E-state index is -3.93. The molecule has 1 amide bonds. The van der Waals surface area contributed by atoms with E-state index in [-0.39, 0.29) is 23.5 Å². The number of hydrogen-bond donors (Lipinski definition) is 2. The smallest absolute Gasteiger partial charge is 0.235 e. The van der Waals surface area contributed by atoms with Gasteiger partial charge in [-0.15, -0.1) is 0 Å². The van der Waals surface area contributed by atoms with Crippen molar-refractivity contribution in [2.75, 3.05) is 18.0 Å². The lowest BCUT2D eigenvalue weighted by Crippen LogP contribution is -2.31. The Morgan fingerprint density at radius 1 is 1.47 bits per heavy atom. The van der Waals surface area contributed by atoms with E-state index in [0.717, 1.165) is 18.2 Å². The topological polar surface area (TPSA) is 113 Å². The van der Waals surface area contributed by atoms with Gasteiger partial charge in [0.1, 0.15) is 11.6 Å². The van der Waals surface area contributed by atoms with Crippen molar-refractivity contribution in [2.24, 2.45) is 0 Å². The minimum Gasteiger partial charge on any atom is -0.396 e. The molecule has 0 unspecified atom stereocenters. The maximum absolute atomic E-state index is 13.2. The zero-order chi connectivity index (χ0) is 14.5. The van der Waals surface area contributed by atoms with Gasteiger partial charge in [-0.1, -0.05) is 0 Å². The summed E-state index contributed by atoms with van der Waals surface area (Å²) in [6.45, 7) is 0.0704. The van der Waals surface area contributed by atoms with Crippen LogP contribution in [0.1, 0.15) is 6.42 Å². The van der Waals surface area contributed by atoms with Crippen LogP contribution in [0, 0.1) is 17.1 Å². The quantitative estimate of drug-likeness (QED) is 0.593. The van der Waals surface area contributed by atoms with Crippen LogP contribution in [-0.2, 0) is 14.6 Å². The van der Waals surface area contributed by atoms with Gasteiger partial charge in [0.2, 0.25) is 5.91 Å². The van der Waals surface area contributed by atoms with E-state index in [4.69, 9.17) is 11.0 Å². The summed E-state index contributed by atoms with van der Waals surface area (Å²) in [4.78, 5) is 11.0. The number of rotatable bonds is 5. The number of carbonyl (C=O) groups is 1. The van der Waals surface area contributed by atoms with Crippen molar-refractivity contribution in [2.45, 2.75) is 11.3 Å². The molecular weight excluding hydrogens is 273 g/mol. The second kappa shape index (κ2) is 6.15. The number of nitrogen functional groups attached to an aromatic ring is 1. The molecule has 8 heteroatoms. The summed E-state index contributed by atoms with van der Waals surface area (Å²) >= 11 is 0. The monoisotopic (exact) mass is 285 g/mol. The van der Waals surface area contributed by atoms with E-state index in [1.807, 2.05) is 0 Å². The molecule has 0 aliphatic carbocycles. The molecule has 0 radical (unpaired) electrons. The summed E-state index contributed by atoms with van der Waals surface area (Å²) in [5.41, 5.74) is 5.07. The molecule has 0 aliphatic heterocycles. The second-order valence-corrected chi connectivity index (χ2v) is 5.69. The van der Waals surface area contributed by atoms with Gasteiger partial charge in [-0.3, -0.25) is 4.79 Å². The van der Waals surface area contributed by atoms with E-state index < -0.39 is 27.3 Å². The van der Waals surface area contributed by atoms with Gasteiger partial charge in [0.15, 0.2) is 9.84 Å². The highest BCUT2D eigenvalue weighted by molar-refractivity contribution is 7.92. The molecule has 102 valence electrons. The van der Waals surface area contributed by atoms with Crippen molar-refractivity contribution in [3.05, 3.63) is 24.0 Å². The normalized spacial score (nSPS) is 10.7. The van der Waals surface area contributed by atoms with Crippen molar-refractivity contribution in [3.63, 3.8) is 0 Å². The first-order valence-corrected chi connectivity index (χ1v) is 6.93. The molecular formula is C11H12FN3O3S. The molecule has 0 saturated carbocycles. The van der Waals surface area contributed by atoms with Crippen molar-refractivity contribution in [1.82, 2.24) is 5.32 Å². The minimum absolute atomic E-state index is 0.0704. The lowest BCUT2D eigenvalue weighted by atomic mass is 10.3. The first-order chi connectivity index (χ1) is 8.86. The van der Waals surface area contributed by atoms with Gasteiger partial charge in [0, 0.05) is 6.54 Å². The Bertz CT molecular complexity index is 623. The summed E-state index contributed by atoms with van der Waals surface area (Å²) in [7, 11) is -3.93. The van der Waals surface area contributed by atoms with Gasteiger partial charge < -0.3 is 11.1 Å². The Morgan fingerprint density at radius 3 is 2.74 bits per heavy atom. The SMILES string of the molecule is N#CCCNC(=O)CS(=O)(=O)c1ccc(N)c(F)c1. The zero-order valence-electron chi connectivity index (χ0n) is 9.89. The summed E-state index contributed by atoms with van der Waals surface area (Å²) < 4.78 is 36.8. The first-order valence-electron chi connectivity index (χ1n) is 5.28. The highest BCUT2D eigenvalue weighted by Crippen LogP contribution is 2.17. The van der Waals surface area contributed by atoms with Gasteiger partial charge in [0.05, 0.1) is 23.1 Å². The lowest BCUT2D eigenvalue weighted by Gasteiger charge is -2.06. The van der Waals surface area contributed by atoms with Crippen LogP contribution in [0.3, 0.4) is 0 Å². The summed E-state index contributed by atoms with van der Waals surface area (Å²) in [5.74, 6) is -2.40. The molecule has 0 aliphatic rings. The van der Waals surface area contributed by atoms with E-state index in [9.17, 15) is 17.6 Å². The van der Waals surface area contributed by atoms with Crippen LogP contribution in [0.2, 0.25) is 0 Å². The summed E-state index contributed by atoms with van der Waals surface area (Å²) in [6.07, 6.45) is 0.0856. The molecule has 1 rings (SSSR count). The Balaban J connectivity index is 2.78. The molecule has 1 aromatic rings.